The van der Waals surface area contributed by atoms with Gasteiger partial charge in [0.1, 0.15) is 0 Å². The Bertz CT molecular complexity index is 428. The Hall–Kier alpha value is -1.35. The van der Waals surface area contributed by atoms with Crippen molar-refractivity contribution in [2.45, 2.75) is 26.8 Å². The lowest BCUT2D eigenvalue weighted by atomic mass is 10.0. The van der Waals surface area contributed by atoms with E-state index in [-0.39, 0.29) is 11.9 Å². The van der Waals surface area contributed by atoms with Gasteiger partial charge in [-0.1, -0.05) is 6.07 Å². The summed E-state index contributed by atoms with van der Waals surface area (Å²) in [5.41, 5.74) is 3.16. The Morgan fingerprint density at radius 1 is 1.35 bits per heavy atom. The first-order valence-corrected chi connectivity index (χ1v) is 6.05. The van der Waals surface area contributed by atoms with Crippen molar-refractivity contribution in [1.82, 2.24) is 4.90 Å². The minimum atomic E-state index is 0.115. The topological polar surface area (TPSA) is 29.5 Å². The number of morpholine rings is 1. The van der Waals surface area contributed by atoms with Crippen molar-refractivity contribution in [3.8, 4) is 0 Å². The quantitative estimate of drug-likeness (QED) is 0.744. The first-order chi connectivity index (χ1) is 8.09. The first kappa shape index (κ1) is 12.1. The van der Waals surface area contributed by atoms with Crippen molar-refractivity contribution in [2.24, 2.45) is 0 Å². The Kier molecular flexibility index (Phi) is 3.48. The number of amides is 1. The molecule has 0 bridgehead atoms. The van der Waals surface area contributed by atoms with Crippen LogP contribution in [0.5, 0.6) is 0 Å². The van der Waals surface area contributed by atoms with Gasteiger partial charge in [-0.25, -0.2) is 0 Å². The van der Waals surface area contributed by atoms with Crippen LogP contribution < -0.4 is 0 Å². The molecule has 3 heteroatoms. The van der Waals surface area contributed by atoms with Crippen LogP contribution in [0.1, 0.15) is 28.4 Å². The number of nitrogens with zero attached hydrogens (tertiary/aromatic N) is 1. The zero-order chi connectivity index (χ0) is 12.4. The number of ether oxygens (including phenoxy) is 1. The zero-order valence-electron chi connectivity index (χ0n) is 10.7. The molecule has 0 aromatic heterocycles. The largest absolute Gasteiger partial charge is 0.377 e. The van der Waals surface area contributed by atoms with Crippen LogP contribution in [0.2, 0.25) is 0 Å². The third-order valence-electron chi connectivity index (χ3n) is 3.38. The second-order valence-corrected chi connectivity index (χ2v) is 4.72. The molecule has 1 fully saturated rings. The maximum atomic E-state index is 12.3. The minimum absolute atomic E-state index is 0.115. The summed E-state index contributed by atoms with van der Waals surface area (Å²) < 4.78 is 5.35. The molecule has 1 atom stereocenters. The molecule has 0 saturated carbocycles. The van der Waals surface area contributed by atoms with E-state index in [1.54, 1.807) is 0 Å². The standard InChI is InChI=1S/C14H19NO2/c1-10-4-5-13(8-11(10)2)14(16)15-6-7-17-9-12(15)3/h4-5,8,12H,6-7,9H2,1-3H3. The highest BCUT2D eigenvalue weighted by molar-refractivity contribution is 5.94. The SMILES string of the molecule is Cc1ccc(C(=O)N2CCOCC2C)cc1C. The van der Waals surface area contributed by atoms with E-state index in [9.17, 15) is 4.79 Å². The predicted molar refractivity (Wildman–Crippen MR) is 67.2 cm³/mol. The third kappa shape index (κ3) is 2.50. The Morgan fingerprint density at radius 2 is 2.12 bits per heavy atom. The lowest BCUT2D eigenvalue weighted by molar-refractivity contribution is 0.00359. The number of carbonyl (C=O) groups is 1. The van der Waals surface area contributed by atoms with Gasteiger partial charge in [-0.2, -0.15) is 0 Å². The second kappa shape index (κ2) is 4.88. The summed E-state index contributed by atoms with van der Waals surface area (Å²) in [6, 6.07) is 6.05. The average molecular weight is 233 g/mol. The van der Waals surface area contributed by atoms with Gasteiger partial charge < -0.3 is 9.64 Å². The third-order valence-corrected chi connectivity index (χ3v) is 3.38. The molecular formula is C14H19NO2. The van der Waals surface area contributed by atoms with Crippen molar-refractivity contribution in [3.05, 3.63) is 34.9 Å². The lowest BCUT2D eigenvalue weighted by Crippen LogP contribution is -2.47. The highest BCUT2D eigenvalue weighted by Gasteiger charge is 2.24. The number of rotatable bonds is 1. The predicted octanol–water partition coefficient (Wildman–Crippen LogP) is 2.16. The Balaban J connectivity index is 2.21. The van der Waals surface area contributed by atoms with E-state index in [0.717, 1.165) is 11.1 Å². The van der Waals surface area contributed by atoms with Crippen molar-refractivity contribution >= 4 is 5.91 Å². The Morgan fingerprint density at radius 3 is 2.76 bits per heavy atom. The molecule has 2 rings (SSSR count). The van der Waals surface area contributed by atoms with Crippen LogP contribution in [0.15, 0.2) is 18.2 Å². The fraction of sp³-hybridized carbons (Fsp3) is 0.500. The van der Waals surface area contributed by atoms with Crippen molar-refractivity contribution < 1.29 is 9.53 Å². The van der Waals surface area contributed by atoms with Crippen LogP contribution in [0.4, 0.5) is 0 Å². The molecule has 1 aliphatic heterocycles. The van der Waals surface area contributed by atoms with Crippen molar-refractivity contribution in [2.75, 3.05) is 19.8 Å². The molecule has 1 unspecified atom stereocenters. The fourth-order valence-corrected chi connectivity index (χ4v) is 2.07. The molecular weight excluding hydrogens is 214 g/mol. The van der Waals surface area contributed by atoms with Crippen LogP contribution in [0, 0.1) is 13.8 Å². The van der Waals surface area contributed by atoms with E-state index in [1.165, 1.54) is 5.56 Å². The van der Waals surface area contributed by atoms with Crippen LogP contribution in [-0.2, 0) is 4.74 Å². The summed E-state index contributed by atoms with van der Waals surface area (Å²) in [4.78, 5) is 14.2. The van der Waals surface area contributed by atoms with Gasteiger partial charge in [0.25, 0.3) is 5.91 Å². The van der Waals surface area contributed by atoms with E-state index < -0.39 is 0 Å². The number of hydrogen-bond donors (Lipinski definition) is 0. The molecule has 1 aromatic rings. The highest BCUT2D eigenvalue weighted by Crippen LogP contribution is 2.15. The number of carbonyl (C=O) groups excluding carboxylic acids is 1. The lowest BCUT2D eigenvalue weighted by Gasteiger charge is -2.33. The average Bonchev–Trinajstić information content (AvgIpc) is 2.32. The van der Waals surface area contributed by atoms with Gasteiger partial charge in [-0.05, 0) is 44.0 Å². The monoisotopic (exact) mass is 233 g/mol. The molecule has 1 saturated heterocycles. The molecule has 1 aromatic carbocycles. The van der Waals surface area contributed by atoms with Gasteiger partial charge in [-0.15, -0.1) is 0 Å². The summed E-state index contributed by atoms with van der Waals surface area (Å²) in [7, 11) is 0. The van der Waals surface area contributed by atoms with Gasteiger partial charge in [0.2, 0.25) is 0 Å². The fourth-order valence-electron chi connectivity index (χ4n) is 2.07. The van der Waals surface area contributed by atoms with Crippen LogP contribution in [0.25, 0.3) is 0 Å². The molecule has 1 heterocycles. The summed E-state index contributed by atoms with van der Waals surface area (Å²) in [5, 5.41) is 0. The van der Waals surface area contributed by atoms with Crippen LogP contribution in [-0.4, -0.2) is 36.6 Å². The van der Waals surface area contributed by atoms with Gasteiger partial charge in [-0.3, -0.25) is 4.79 Å². The van der Waals surface area contributed by atoms with Crippen molar-refractivity contribution in [1.29, 1.82) is 0 Å². The van der Waals surface area contributed by atoms with E-state index in [2.05, 4.69) is 6.92 Å². The van der Waals surface area contributed by atoms with Gasteiger partial charge in [0.15, 0.2) is 0 Å². The molecule has 0 radical (unpaired) electrons. The summed E-state index contributed by atoms with van der Waals surface area (Å²) >= 11 is 0. The summed E-state index contributed by atoms with van der Waals surface area (Å²) in [6.07, 6.45) is 0. The molecule has 92 valence electrons. The smallest absolute Gasteiger partial charge is 0.254 e. The van der Waals surface area contributed by atoms with Gasteiger partial charge in [0.05, 0.1) is 19.3 Å². The van der Waals surface area contributed by atoms with Crippen LogP contribution >= 0.6 is 0 Å². The van der Waals surface area contributed by atoms with E-state index in [4.69, 9.17) is 4.74 Å². The maximum absolute atomic E-state index is 12.3. The van der Waals surface area contributed by atoms with E-state index in [0.29, 0.717) is 19.8 Å². The molecule has 0 N–H and O–H groups in total. The van der Waals surface area contributed by atoms with Crippen LogP contribution in [0.3, 0.4) is 0 Å². The first-order valence-electron chi connectivity index (χ1n) is 6.05. The molecule has 1 aliphatic rings. The number of hydrogen-bond acceptors (Lipinski definition) is 2. The maximum Gasteiger partial charge on any atom is 0.254 e. The highest BCUT2D eigenvalue weighted by atomic mass is 16.5. The second-order valence-electron chi connectivity index (χ2n) is 4.72. The number of benzene rings is 1. The van der Waals surface area contributed by atoms with E-state index in [1.807, 2.05) is 36.9 Å². The van der Waals surface area contributed by atoms with Gasteiger partial charge >= 0.3 is 0 Å². The molecule has 17 heavy (non-hydrogen) atoms. The molecule has 3 nitrogen and oxygen atoms in total. The van der Waals surface area contributed by atoms with Gasteiger partial charge in [0, 0.05) is 12.1 Å². The molecule has 1 amide bonds. The van der Waals surface area contributed by atoms with Crippen molar-refractivity contribution in [3.63, 3.8) is 0 Å². The Labute approximate surface area is 102 Å². The van der Waals surface area contributed by atoms with E-state index >= 15 is 0 Å². The summed E-state index contributed by atoms with van der Waals surface area (Å²) in [6.45, 7) is 8.08. The zero-order valence-corrected chi connectivity index (χ0v) is 10.7. The molecule has 0 aliphatic carbocycles. The molecule has 0 spiro atoms. The normalized spacial score (nSPS) is 20.4. The summed E-state index contributed by atoms with van der Waals surface area (Å²) in [5.74, 6) is 0.115. The minimum Gasteiger partial charge on any atom is -0.377 e. The number of aryl methyl sites for hydroxylation is 2.